The first-order chi connectivity index (χ1) is 14.5. The average molecular weight is 405 g/mol. The van der Waals surface area contributed by atoms with Gasteiger partial charge in [-0.2, -0.15) is 10.4 Å². The van der Waals surface area contributed by atoms with E-state index in [0.717, 1.165) is 42.3 Å². The van der Waals surface area contributed by atoms with Crippen LogP contribution in [-0.4, -0.2) is 21.7 Å². The van der Waals surface area contributed by atoms with Crippen LogP contribution >= 0.6 is 0 Å². The Hall–Kier alpha value is -2.35. The minimum absolute atomic E-state index is 0.235. The van der Waals surface area contributed by atoms with Crippen LogP contribution in [0.4, 0.5) is 0 Å². The molecule has 3 fully saturated rings. The number of aryl methyl sites for hydroxylation is 1. The van der Waals surface area contributed by atoms with Gasteiger partial charge in [0.15, 0.2) is 0 Å². The molecule has 3 aliphatic rings. The van der Waals surface area contributed by atoms with Crippen LogP contribution in [0.1, 0.15) is 57.6 Å². The van der Waals surface area contributed by atoms with Crippen molar-refractivity contribution >= 4 is 16.8 Å². The Bertz CT molecular complexity index is 1000. The number of fused-ring (bicyclic) bond motifs is 4. The number of para-hydroxylation sites is 1. The number of amides is 1. The molecule has 158 valence electrons. The van der Waals surface area contributed by atoms with E-state index in [9.17, 15) is 10.1 Å². The monoisotopic (exact) mass is 404 g/mol. The molecule has 0 bridgehead atoms. The predicted molar refractivity (Wildman–Crippen MR) is 116 cm³/mol. The molecule has 6 atom stereocenters. The maximum Gasteiger partial charge on any atom is 0.223 e. The minimum Gasteiger partial charge on any atom is -0.353 e. The zero-order chi connectivity index (χ0) is 20.9. The zero-order valence-electron chi connectivity index (χ0n) is 18.1. The number of nitriles is 1. The molecule has 0 radical (unpaired) electrons. The molecule has 6 unspecified atom stereocenters. The van der Waals surface area contributed by atoms with E-state index in [1.165, 1.54) is 19.3 Å². The van der Waals surface area contributed by atoms with Crippen LogP contribution in [0.5, 0.6) is 0 Å². The molecule has 1 saturated heterocycles. The van der Waals surface area contributed by atoms with Gasteiger partial charge in [0.05, 0.1) is 22.7 Å². The number of piperidine rings is 1. The highest BCUT2D eigenvalue weighted by Crippen LogP contribution is 2.49. The fourth-order valence-electron chi connectivity index (χ4n) is 6.78. The van der Waals surface area contributed by atoms with Crippen molar-refractivity contribution in [2.24, 2.45) is 36.1 Å². The highest BCUT2D eigenvalue weighted by Gasteiger charge is 2.49. The summed E-state index contributed by atoms with van der Waals surface area (Å²) in [7, 11) is 1.97. The predicted octanol–water partition coefficient (Wildman–Crippen LogP) is 4.37. The molecule has 2 aliphatic carbocycles. The minimum atomic E-state index is -0.476. The van der Waals surface area contributed by atoms with Crippen molar-refractivity contribution in [3.05, 3.63) is 30.0 Å². The third-order valence-corrected chi connectivity index (χ3v) is 8.46. The van der Waals surface area contributed by atoms with Gasteiger partial charge in [0.2, 0.25) is 5.91 Å². The SMILES string of the molecule is Cn1nc(CC(C)(C#N)C2CCC3C(C2)NC(=O)C2CCCCC23)c2ccccc21. The summed E-state index contributed by atoms with van der Waals surface area (Å²) in [6.45, 7) is 2.11. The van der Waals surface area contributed by atoms with Gasteiger partial charge in [-0.1, -0.05) is 31.0 Å². The van der Waals surface area contributed by atoms with Gasteiger partial charge in [-0.3, -0.25) is 9.48 Å². The second kappa shape index (κ2) is 7.41. The van der Waals surface area contributed by atoms with Crippen LogP contribution in [0, 0.1) is 40.4 Å². The molecule has 1 N–H and O–H groups in total. The topological polar surface area (TPSA) is 70.7 Å². The van der Waals surface area contributed by atoms with Crippen LogP contribution in [0.2, 0.25) is 0 Å². The fourth-order valence-corrected chi connectivity index (χ4v) is 6.78. The van der Waals surface area contributed by atoms with E-state index in [1.54, 1.807) is 0 Å². The van der Waals surface area contributed by atoms with Crippen molar-refractivity contribution in [3.63, 3.8) is 0 Å². The van der Waals surface area contributed by atoms with E-state index >= 15 is 0 Å². The average Bonchev–Trinajstić information content (AvgIpc) is 3.09. The van der Waals surface area contributed by atoms with Crippen LogP contribution in [0.25, 0.3) is 10.9 Å². The molecule has 2 aromatic rings. The van der Waals surface area contributed by atoms with Crippen molar-refractivity contribution in [2.45, 2.75) is 64.3 Å². The van der Waals surface area contributed by atoms with Crippen molar-refractivity contribution < 1.29 is 4.79 Å². The third kappa shape index (κ3) is 3.12. The Kier molecular flexibility index (Phi) is 4.84. The fraction of sp³-hybridized carbons (Fsp3) is 0.640. The third-order valence-electron chi connectivity index (χ3n) is 8.46. The molecule has 5 nitrogen and oxygen atoms in total. The van der Waals surface area contributed by atoms with E-state index in [4.69, 9.17) is 5.10 Å². The number of carbonyl (C=O) groups is 1. The quantitative estimate of drug-likeness (QED) is 0.826. The van der Waals surface area contributed by atoms with E-state index in [0.29, 0.717) is 18.3 Å². The summed E-state index contributed by atoms with van der Waals surface area (Å²) in [5.41, 5.74) is 1.65. The van der Waals surface area contributed by atoms with Gasteiger partial charge in [-0.05, 0) is 62.8 Å². The Morgan fingerprint density at radius 1 is 1.20 bits per heavy atom. The number of aromatic nitrogens is 2. The number of nitrogens with zero attached hydrogens (tertiary/aromatic N) is 3. The van der Waals surface area contributed by atoms with Gasteiger partial charge >= 0.3 is 0 Å². The molecule has 1 amide bonds. The van der Waals surface area contributed by atoms with E-state index in [-0.39, 0.29) is 23.8 Å². The molecular weight excluding hydrogens is 372 g/mol. The number of hydrogen-bond acceptors (Lipinski definition) is 3. The van der Waals surface area contributed by atoms with Gasteiger partial charge in [0.25, 0.3) is 0 Å². The summed E-state index contributed by atoms with van der Waals surface area (Å²) in [6.07, 6.45) is 8.53. The maximum atomic E-state index is 12.8. The smallest absolute Gasteiger partial charge is 0.223 e. The first-order valence-corrected chi connectivity index (χ1v) is 11.6. The lowest BCUT2D eigenvalue weighted by molar-refractivity contribution is -0.136. The van der Waals surface area contributed by atoms with Crippen LogP contribution < -0.4 is 5.32 Å². The van der Waals surface area contributed by atoms with E-state index in [1.807, 2.05) is 23.9 Å². The first-order valence-electron chi connectivity index (χ1n) is 11.6. The largest absolute Gasteiger partial charge is 0.353 e. The van der Waals surface area contributed by atoms with Crippen LogP contribution in [-0.2, 0) is 18.3 Å². The van der Waals surface area contributed by atoms with Gasteiger partial charge in [-0.15, -0.1) is 0 Å². The molecule has 30 heavy (non-hydrogen) atoms. The summed E-state index contributed by atoms with van der Waals surface area (Å²) in [5.74, 6) is 1.95. The summed E-state index contributed by atoms with van der Waals surface area (Å²) >= 11 is 0. The van der Waals surface area contributed by atoms with Crippen LogP contribution in [0.3, 0.4) is 0 Å². The van der Waals surface area contributed by atoms with Crippen molar-refractivity contribution in [1.29, 1.82) is 5.26 Å². The number of carbonyl (C=O) groups excluding carboxylic acids is 1. The normalized spacial score (nSPS) is 33.1. The summed E-state index contributed by atoms with van der Waals surface area (Å²) in [4.78, 5) is 12.8. The molecule has 1 aromatic carbocycles. The Labute approximate surface area is 178 Å². The summed E-state index contributed by atoms with van der Waals surface area (Å²) in [6, 6.07) is 11.2. The maximum absolute atomic E-state index is 12.8. The Morgan fingerprint density at radius 2 is 2.00 bits per heavy atom. The first kappa shape index (κ1) is 19.6. The lowest BCUT2D eigenvalue weighted by Crippen LogP contribution is -2.58. The van der Waals surface area contributed by atoms with Gasteiger partial charge < -0.3 is 5.32 Å². The van der Waals surface area contributed by atoms with Gasteiger partial charge in [0, 0.05) is 30.8 Å². The lowest BCUT2D eigenvalue weighted by atomic mass is 9.58. The highest BCUT2D eigenvalue weighted by atomic mass is 16.2. The number of rotatable bonds is 3. The van der Waals surface area contributed by atoms with Crippen molar-refractivity contribution in [2.75, 3.05) is 0 Å². The molecule has 5 heteroatoms. The Balaban J connectivity index is 1.38. The molecule has 5 rings (SSSR count). The standard InChI is InChI=1S/C25H32N4O/c1-25(15-26,14-22-20-9-5-6-10-23(20)29(2)28-22)16-11-12-18-17-7-3-4-8-19(17)24(30)27-21(18)13-16/h5-6,9-10,16-19,21H,3-4,7-8,11-14H2,1-2H3,(H,27,30). The van der Waals surface area contributed by atoms with Crippen molar-refractivity contribution in [1.82, 2.24) is 15.1 Å². The molecule has 1 aliphatic heterocycles. The molecule has 0 spiro atoms. The molecule has 1 aromatic heterocycles. The van der Waals surface area contributed by atoms with Crippen molar-refractivity contribution in [3.8, 4) is 6.07 Å². The van der Waals surface area contributed by atoms with E-state index in [2.05, 4.69) is 30.4 Å². The Morgan fingerprint density at radius 3 is 2.83 bits per heavy atom. The summed E-state index contributed by atoms with van der Waals surface area (Å²) < 4.78 is 1.92. The van der Waals surface area contributed by atoms with Gasteiger partial charge in [0.1, 0.15) is 0 Å². The second-order valence-corrected chi connectivity index (χ2v) is 10.1. The molecular formula is C25H32N4O. The number of hydrogen-bond donors (Lipinski definition) is 1. The number of nitrogens with one attached hydrogen (secondary N) is 1. The molecule has 2 heterocycles. The zero-order valence-corrected chi connectivity index (χ0v) is 18.1. The second-order valence-electron chi connectivity index (χ2n) is 10.1. The number of benzene rings is 1. The molecule has 2 saturated carbocycles. The van der Waals surface area contributed by atoms with Gasteiger partial charge in [-0.25, -0.2) is 0 Å². The summed E-state index contributed by atoms with van der Waals surface area (Å²) in [5, 5.41) is 19.5. The lowest BCUT2D eigenvalue weighted by Gasteiger charge is -2.50. The van der Waals surface area contributed by atoms with Crippen LogP contribution in [0.15, 0.2) is 24.3 Å². The van der Waals surface area contributed by atoms with E-state index < -0.39 is 5.41 Å². The highest BCUT2D eigenvalue weighted by molar-refractivity contribution is 5.82.